The number of fused-ring (bicyclic) bond motifs is 3. The molecule has 0 bridgehead atoms. The molecule has 0 aliphatic heterocycles. The van der Waals surface area contributed by atoms with Crippen molar-refractivity contribution in [1.29, 1.82) is 5.26 Å². The molecular formula is C19H23N3O2. The van der Waals surface area contributed by atoms with Gasteiger partial charge in [-0.3, -0.25) is 4.79 Å². The maximum atomic E-state index is 11.9. The van der Waals surface area contributed by atoms with E-state index in [9.17, 15) is 4.79 Å². The van der Waals surface area contributed by atoms with Gasteiger partial charge < -0.3 is 15.0 Å². The number of rotatable bonds is 3. The maximum Gasteiger partial charge on any atom is 0.320 e. The van der Waals surface area contributed by atoms with Crippen LogP contribution in [0.25, 0.3) is 10.9 Å². The van der Waals surface area contributed by atoms with Crippen molar-refractivity contribution >= 4 is 16.9 Å². The minimum absolute atomic E-state index is 0.223. The standard InChI is InChI=1S/C19H23N3O2/c1-19(2,3)24-18(23)11-21-13-5-7-17-15(9-13)14-8-12(10-20)4-6-16(14)22-17/h4,6,8,13,21-22H,5,7,9,11H2,1-3H3. The Bertz CT molecular complexity index is 808. The van der Waals surface area contributed by atoms with Crippen LogP contribution in [-0.4, -0.2) is 29.1 Å². The molecule has 5 heteroatoms. The molecule has 0 saturated heterocycles. The van der Waals surface area contributed by atoms with Gasteiger partial charge in [0.1, 0.15) is 5.60 Å². The average molecular weight is 325 g/mol. The molecule has 3 rings (SSSR count). The lowest BCUT2D eigenvalue weighted by molar-refractivity contribution is -0.153. The summed E-state index contributed by atoms with van der Waals surface area (Å²) in [5, 5.41) is 13.5. The van der Waals surface area contributed by atoms with E-state index in [-0.39, 0.29) is 18.6 Å². The molecule has 0 saturated carbocycles. The number of H-pyrrole nitrogens is 1. The fraction of sp³-hybridized carbons (Fsp3) is 0.474. The first-order chi connectivity index (χ1) is 11.4. The predicted octanol–water partition coefficient (Wildman–Crippen LogP) is 2.83. The van der Waals surface area contributed by atoms with Crippen LogP contribution < -0.4 is 5.32 Å². The molecule has 0 amide bonds. The van der Waals surface area contributed by atoms with E-state index in [1.807, 2.05) is 39.0 Å². The number of carbonyl (C=O) groups excluding carboxylic acids is 1. The second-order valence-corrected chi connectivity index (χ2v) is 7.36. The molecule has 126 valence electrons. The number of benzene rings is 1. The second kappa shape index (κ2) is 6.29. The lowest BCUT2D eigenvalue weighted by Crippen LogP contribution is -2.39. The molecule has 2 N–H and O–H groups in total. The molecule has 1 unspecified atom stereocenters. The fourth-order valence-electron chi connectivity index (χ4n) is 3.27. The lowest BCUT2D eigenvalue weighted by atomic mass is 9.91. The summed E-state index contributed by atoms with van der Waals surface area (Å²) >= 11 is 0. The van der Waals surface area contributed by atoms with E-state index in [1.165, 1.54) is 11.3 Å². The minimum Gasteiger partial charge on any atom is -0.459 e. The van der Waals surface area contributed by atoms with Gasteiger partial charge >= 0.3 is 5.97 Å². The molecular weight excluding hydrogens is 302 g/mol. The normalized spacial score (nSPS) is 17.3. The van der Waals surface area contributed by atoms with Crippen molar-refractivity contribution in [1.82, 2.24) is 10.3 Å². The van der Waals surface area contributed by atoms with E-state index in [0.717, 1.165) is 30.2 Å². The van der Waals surface area contributed by atoms with Crippen molar-refractivity contribution in [2.24, 2.45) is 0 Å². The monoisotopic (exact) mass is 325 g/mol. The van der Waals surface area contributed by atoms with Crippen LogP contribution in [0.5, 0.6) is 0 Å². The van der Waals surface area contributed by atoms with Crippen LogP contribution >= 0.6 is 0 Å². The van der Waals surface area contributed by atoms with E-state index in [0.29, 0.717) is 5.56 Å². The molecule has 2 aromatic rings. The largest absolute Gasteiger partial charge is 0.459 e. The number of nitrogens with zero attached hydrogens (tertiary/aromatic N) is 1. The Kier molecular flexibility index (Phi) is 4.33. The van der Waals surface area contributed by atoms with Gasteiger partial charge in [0.25, 0.3) is 0 Å². The Morgan fingerprint density at radius 2 is 2.25 bits per heavy atom. The summed E-state index contributed by atoms with van der Waals surface area (Å²) in [6.07, 6.45) is 2.78. The van der Waals surface area contributed by atoms with Crippen LogP contribution in [-0.2, 0) is 22.4 Å². The molecule has 1 atom stereocenters. The number of nitriles is 1. The molecule has 1 aromatic carbocycles. The van der Waals surface area contributed by atoms with Crippen LogP contribution in [0.1, 0.15) is 44.0 Å². The first-order valence-corrected chi connectivity index (χ1v) is 8.34. The van der Waals surface area contributed by atoms with E-state index in [2.05, 4.69) is 16.4 Å². The van der Waals surface area contributed by atoms with Crippen molar-refractivity contribution in [2.45, 2.75) is 51.7 Å². The Hall–Kier alpha value is -2.32. The Labute approximate surface area is 142 Å². The molecule has 0 radical (unpaired) electrons. The fourth-order valence-corrected chi connectivity index (χ4v) is 3.27. The number of aromatic nitrogens is 1. The van der Waals surface area contributed by atoms with Gasteiger partial charge in [0, 0.05) is 22.6 Å². The quantitative estimate of drug-likeness (QED) is 0.851. The molecule has 1 aliphatic rings. The zero-order valence-corrected chi connectivity index (χ0v) is 14.4. The third-order valence-corrected chi connectivity index (χ3v) is 4.27. The van der Waals surface area contributed by atoms with Crippen molar-refractivity contribution < 1.29 is 9.53 Å². The number of nitrogens with one attached hydrogen (secondary N) is 2. The summed E-state index contributed by atoms with van der Waals surface area (Å²) in [5.41, 5.74) is 3.80. The Balaban J connectivity index is 1.70. The average Bonchev–Trinajstić information content (AvgIpc) is 2.88. The summed E-state index contributed by atoms with van der Waals surface area (Å²) < 4.78 is 5.34. The second-order valence-electron chi connectivity index (χ2n) is 7.36. The first kappa shape index (κ1) is 16.5. The highest BCUT2D eigenvalue weighted by atomic mass is 16.6. The van der Waals surface area contributed by atoms with Gasteiger partial charge in [-0.25, -0.2) is 0 Å². The smallest absolute Gasteiger partial charge is 0.320 e. The predicted molar refractivity (Wildman–Crippen MR) is 92.7 cm³/mol. The number of aryl methyl sites for hydroxylation is 1. The SMILES string of the molecule is CC(C)(C)OC(=O)CNC1CCc2[nH]c3ccc(C#N)cc3c2C1. The van der Waals surface area contributed by atoms with Gasteiger partial charge in [-0.15, -0.1) is 0 Å². The van der Waals surface area contributed by atoms with Crippen molar-refractivity contribution in [3.63, 3.8) is 0 Å². The van der Waals surface area contributed by atoms with Crippen molar-refractivity contribution in [3.8, 4) is 6.07 Å². The molecule has 5 nitrogen and oxygen atoms in total. The van der Waals surface area contributed by atoms with Crippen molar-refractivity contribution in [3.05, 3.63) is 35.0 Å². The Morgan fingerprint density at radius 3 is 2.96 bits per heavy atom. The van der Waals surface area contributed by atoms with Gasteiger partial charge in [-0.1, -0.05) is 0 Å². The zero-order chi connectivity index (χ0) is 17.3. The summed E-state index contributed by atoms with van der Waals surface area (Å²) in [6.45, 7) is 5.84. The summed E-state index contributed by atoms with van der Waals surface area (Å²) in [5.74, 6) is -0.223. The van der Waals surface area contributed by atoms with Gasteiger partial charge in [-0.2, -0.15) is 5.26 Å². The van der Waals surface area contributed by atoms with E-state index in [1.54, 1.807) is 0 Å². The maximum absolute atomic E-state index is 11.9. The number of hydrogen-bond acceptors (Lipinski definition) is 4. The molecule has 0 fully saturated rings. The van der Waals surface area contributed by atoms with Crippen LogP contribution in [0.2, 0.25) is 0 Å². The van der Waals surface area contributed by atoms with Gasteiger partial charge in [0.2, 0.25) is 0 Å². The van der Waals surface area contributed by atoms with Crippen LogP contribution in [0.3, 0.4) is 0 Å². The van der Waals surface area contributed by atoms with Gasteiger partial charge in [0.15, 0.2) is 0 Å². The van der Waals surface area contributed by atoms with Crippen LogP contribution in [0.15, 0.2) is 18.2 Å². The first-order valence-electron chi connectivity index (χ1n) is 8.34. The highest BCUT2D eigenvalue weighted by Crippen LogP contribution is 2.29. The van der Waals surface area contributed by atoms with E-state index in [4.69, 9.17) is 10.00 Å². The summed E-state index contributed by atoms with van der Waals surface area (Å²) in [6, 6.07) is 8.19. The topological polar surface area (TPSA) is 77.9 Å². The molecule has 1 aromatic heterocycles. The Morgan fingerprint density at radius 1 is 1.46 bits per heavy atom. The number of aromatic amines is 1. The number of carbonyl (C=O) groups is 1. The van der Waals surface area contributed by atoms with Crippen molar-refractivity contribution in [2.75, 3.05) is 6.54 Å². The zero-order valence-electron chi connectivity index (χ0n) is 14.4. The van der Waals surface area contributed by atoms with Crippen LogP contribution in [0, 0.1) is 11.3 Å². The molecule has 0 spiro atoms. The van der Waals surface area contributed by atoms with Gasteiger partial charge in [0.05, 0.1) is 18.2 Å². The number of esters is 1. The van der Waals surface area contributed by atoms with E-state index >= 15 is 0 Å². The molecule has 1 heterocycles. The summed E-state index contributed by atoms with van der Waals surface area (Å²) in [4.78, 5) is 15.3. The molecule has 24 heavy (non-hydrogen) atoms. The highest BCUT2D eigenvalue weighted by Gasteiger charge is 2.24. The van der Waals surface area contributed by atoms with Gasteiger partial charge in [-0.05, 0) is 63.8 Å². The van der Waals surface area contributed by atoms with E-state index < -0.39 is 5.60 Å². The number of hydrogen-bond donors (Lipinski definition) is 2. The third-order valence-electron chi connectivity index (χ3n) is 4.27. The minimum atomic E-state index is -0.455. The summed E-state index contributed by atoms with van der Waals surface area (Å²) in [7, 11) is 0. The highest BCUT2D eigenvalue weighted by molar-refractivity contribution is 5.86. The third kappa shape index (κ3) is 3.60. The number of ether oxygens (including phenoxy) is 1. The molecule has 1 aliphatic carbocycles. The lowest BCUT2D eigenvalue weighted by Gasteiger charge is -2.25. The van der Waals surface area contributed by atoms with Crippen LogP contribution in [0.4, 0.5) is 0 Å².